The minimum absolute atomic E-state index is 0.0447. The summed E-state index contributed by atoms with van der Waals surface area (Å²) in [5, 5.41) is 2.97. The van der Waals surface area contributed by atoms with Crippen LogP contribution in [-0.4, -0.2) is 10.9 Å². The highest BCUT2D eigenvalue weighted by Crippen LogP contribution is 2.45. The normalized spacial score (nSPS) is 14.5. The molecule has 126 valence electrons. The maximum Gasteiger partial charge on any atom is 0.224 e. The van der Waals surface area contributed by atoms with E-state index in [1.807, 2.05) is 44.3 Å². The Morgan fingerprint density at radius 3 is 2.79 bits per heavy atom. The number of aromatic nitrogens is 1. The summed E-state index contributed by atoms with van der Waals surface area (Å²) < 4.78 is 6.17. The Labute approximate surface area is 143 Å². The van der Waals surface area contributed by atoms with E-state index in [0.717, 1.165) is 34.5 Å². The van der Waals surface area contributed by atoms with Crippen molar-refractivity contribution in [2.45, 2.75) is 46.1 Å². The van der Waals surface area contributed by atoms with Crippen LogP contribution in [0.1, 0.15) is 46.1 Å². The summed E-state index contributed by atoms with van der Waals surface area (Å²) >= 11 is 0. The summed E-state index contributed by atoms with van der Waals surface area (Å²) in [5.74, 6) is 1.36. The molecule has 4 heteroatoms. The van der Waals surface area contributed by atoms with Gasteiger partial charge in [-0.25, -0.2) is 0 Å². The van der Waals surface area contributed by atoms with Crippen LogP contribution < -0.4 is 10.1 Å². The van der Waals surface area contributed by atoms with Gasteiger partial charge in [-0.05, 0) is 49.9 Å². The molecule has 3 rings (SSSR count). The lowest BCUT2D eigenvalue weighted by molar-refractivity contribution is -0.116. The molecule has 1 amide bonds. The maximum absolute atomic E-state index is 12.1. The van der Waals surface area contributed by atoms with Crippen molar-refractivity contribution >= 4 is 11.6 Å². The third-order valence-corrected chi connectivity index (χ3v) is 4.34. The lowest BCUT2D eigenvalue weighted by atomic mass is 9.88. The SMILES string of the molecule is CC(C)CCC(=O)Nc1ccc2c(c1)OC(C)(C)c1cnccc1-2. The Kier molecular flexibility index (Phi) is 4.31. The van der Waals surface area contributed by atoms with Gasteiger partial charge in [-0.2, -0.15) is 0 Å². The van der Waals surface area contributed by atoms with E-state index in [1.165, 1.54) is 0 Å². The van der Waals surface area contributed by atoms with Gasteiger partial charge in [0, 0.05) is 41.7 Å². The number of rotatable bonds is 4. The number of amides is 1. The van der Waals surface area contributed by atoms with Crippen molar-refractivity contribution in [2.24, 2.45) is 5.92 Å². The first-order valence-corrected chi connectivity index (χ1v) is 8.44. The molecule has 0 saturated heterocycles. The molecule has 24 heavy (non-hydrogen) atoms. The molecule has 0 saturated carbocycles. The highest BCUT2D eigenvalue weighted by molar-refractivity contribution is 5.92. The smallest absolute Gasteiger partial charge is 0.224 e. The number of pyridine rings is 1. The molecule has 0 unspecified atom stereocenters. The van der Waals surface area contributed by atoms with Gasteiger partial charge in [-0.3, -0.25) is 9.78 Å². The zero-order valence-corrected chi connectivity index (χ0v) is 14.7. The van der Waals surface area contributed by atoms with Crippen LogP contribution in [0.5, 0.6) is 5.75 Å². The van der Waals surface area contributed by atoms with Crippen LogP contribution in [0.4, 0.5) is 5.69 Å². The van der Waals surface area contributed by atoms with E-state index in [9.17, 15) is 4.79 Å². The van der Waals surface area contributed by atoms with E-state index in [2.05, 4.69) is 24.1 Å². The highest BCUT2D eigenvalue weighted by atomic mass is 16.5. The molecule has 4 nitrogen and oxygen atoms in total. The minimum Gasteiger partial charge on any atom is -0.482 e. The molecule has 0 spiro atoms. The molecule has 0 radical (unpaired) electrons. The van der Waals surface area contributed by atoms with Crippen LogP contribution in [0.15, 0.2) is 36.7 Å². The summed E-state index contributed by atoms with van der Waals surface area (Å²) in [6.45, 7) is 8.30. The van der Waals surface area contributed by atoms with Crippen LogP contribution in [-0.2, 0) is 10.4 Å². The lowest BCUT2D eigenvalue weighted by Gasteiger charge is -2.34. The average molecular weight is 324 g/mol. The van der Waals surface area contributed by atoms with Gasteiger partial charge in [-0.15, -0.1) is 0 Å². The molecule has 1 N–H and O–H groups in total. The topological polar surface area (TPSA) is 51.2 Å². The fraction of sp³-hybridized carbons (Fsp3) is 0.400. The van der Waals surface area contributed by atoms with Gasteiger partial charge in [0.05, 0.1) is 0 Å². The van der Waals surface area contributed by atoms with Crippen LogP contribution in [0.2, 0.25) is 0 Å². The van der Waals surface area contributed by atoms with E-state index in [0.29, 0.717) is 12.3 Å². The van der Waals surface area contributed by atoms with Crippen LogP contribution in [0.25, 0.3) is 11.1 Å². The predicted molar refractivity (Wildman–Crippen MR) is 96.0 cm³/mol. The summed E-state index contributed by atoms with van der Waals surface area (Å²) in [7, 11) is 0. The average Bonchev–Trinajstić information content (AvgIpc) is 2.52. The number of hydrogen-bond donors (Lipinski definition) is 1. The van der Waals surface area contributed by atoms with Crippen molar-refractivity contribution in [1.29, 1.82) is 0 Å². The standard InChI is InChI=1S/C20H24N2O2/c1-13(2)5-8-19(23)22-14-6-7-16-15-9-10-21-12-17(15)20(3,4)24-18(16)11-14/h6-7,9-13H,5,8H2,1-4H3,(H,22,23). The predicted octanol–water partition coefficient (Wildman–Crippen LogP) is 4.75. The van der Waals surface area contributed by atoms with Gasteiger partial charge in [-0.1, -0.05) is 13.8 Å². The van der Waals surface area contributed by atoms with Crippen molar-refractivity contribution in [1.82, 2.24) is 4.98 Å². The number of fused-ring (bicyclic) bond motifs is 3. The van der Waals surface area contributed by atoms with Gasteiger partial charge in [0.15, 0.2) is 0 Å². The van der Waals surface area contributed by atoms with Crippen molar-refractivity contribution in [2.75, 3.05) is 5.32 Å². The van der Waals surface area contributed by atoms with Gasteiger partial charge in [0.2, 0.25) is 5.91 Å². The fourth-order valence-corrected chi connectivity index (χ4v) is 2.99. The number of nitrogens with one attached hydrogen (secondary N) is 1. The second-order valence-corrected chi connectivity index (χ2v) is 7.23. The first-order chi connectivity index (χ1) is 11.4. The monoisotopic (exact) mass is 324 g/mol. The largest absolute Gasteiger partial charge is 0.482 e. The number of benzene rings is 1. The molecular formula is C20H24N2O2. The quantitative estimate of drug-likeness (QED) is 0.883. The van der Waals surface area contributed by atoms with Crippen LogP contribution in [0.3, 0.4) is 0 Å². The molecule has 1 aliphatic heterocycles. The van der Waals surface area contributed by atoms with Crippen LogP contribution in [0, 0.1) is 5.92 Å². The summed E-state index contributed by atoms with van der Waals surface area (Å²) in [6, 6.07) is 7.85. The molecular weight excluding hydrogens is 300 g/mol. The van der Waals surface area contributed by atoms with Crippen molar-refractivity contribution < 1.29 is 9.53 Å². The Hall–Kier alpha value is -2.36. The number of anilines is 1. The van der Waals surface area contributed by atoms with E-state index in [4.69, 9.17) is 4.74 Å². The van der Waals surface area contributed by atoms with Gasteiger partial charge in [0.1, 0.15) is 11.4 Å². The number of nitrogens with zero attached hydrogens (tertiary/aromatic N) is 1. The van der Waals surface area contributed by atoms with Gasteiger partial charge < -0.3 is 10.1 Å². The lowest BCUT2D eigenvalue weighted by Crippen LogP contribution is -2.29. The Bertz CT molecular complexity index is 766. The second kappa shape index (κ2) is 6.27. The second-order valence-electron chi connectivity index (χ2n) is 7.23. The van der Waals surface area contributed by atoms with E-state index in [1.54, 1.807) is 6.20 Å². The molecule has 0 aliphatic carbocycles. The number of hydrogen-bond acceptors (Lipinski definition) is 3. The summed E-state index contributed by atoms with van der Waals surface area (Å²) in [5.41, 5.74) is 3.57. The van der Waals surface area contributed by atoms with E-state index < -0.39 is 5.60 Å². The molecule has 0 fully saturated rings. The van der Waals surface area contributed by atoms with Crippen molar-refractivity contribution in [3.63, 3.8) is 0 Å². The molecule has 0 bridgehead atoms. The molecule has 2 heterocycles. The number of ether oxygens (including phenoxy) is 1. The first-order valence-electron chi connectivity index (χ1n) is 8.44. The van der Waals surface area contributed by atoms with E-state index >= 15 is 0 Å². The Morgan fingerprint density at radius 1 is 1.25 bits per heavy atom. The molecule has 1 aromatic heterocycles. The van der Waals surface area contributed by atoms with Crippen molar-refractivity contribution in [3.8, 4) is 16.9 Å². The summed E-state index contributed by atoms with van der Waals surface area (Å²) in [4.78, 5) is 16.3. The fourth-order valence-electron chi connectivity index (χ4n) is 2.99. The van der Waals surface area contributed by atoms with E-state index in [-0.39, 0.29) is 5.91 Å². The molecule has 1 aromatic carbocycles. The Morgan fingerprint density at radius 2 is 2.04 bits per heavy atom. The number of carbonyl (C=O) groups excluding carboxylic acids is 1. The molecule has 0 atom stereocenters. The Balaban J connectivity index is 1.86. The van der Waals surface area contributed by atoms with Gasteiger partial charge >= 0.3 is 0 Å². The van der Waals surface area contributed by atoms with Crippen LogP contribution >= 0.6 is 0 Å². The first kappa shape index (κ1) is 16.5. The van der Waals surface area contributed by atoms with Crippen molar-refractivity contribution in [3.05, 3.63) is 42.2 Å². The maximum atomic E-state index is 12.1. The zero-order valence-electron chi connectivity index (χ0n) is 14.7. The van der Waals surface area contributed by atoms with Gasteiger partial charge in [0.25, 0.3) is 0 Å². The molecule has 2 aromatic rings. The molecule has 1 aliphatic rings. The highest BCUT2D eigenvalue weighted by Gasteiger charge is 2.32. The zero-order chi connectivity index (χ0) is 17.3. The third kappa shape index (κ3) is 3.28. The third-order valence-electron chi connectivity index (χ3n) is 4.34. The minimum atomic E-state index is -0.448. The number of carbonyl (C=O) groups is 1. The summed E-state index contributed by atoms with van der Waals surface area (Å²) in [6.07, 6.45) is 5.09.